The molecule has 0 saturated carbocycles. The fraction of sp³-hybridized carbons (Fsp3) is 0.150. The number of nitrogens with zero attached hydrogens (tertiary/aromatic N) is 3. The Kier molecular flexibility index (Phi) is 4.18. The number of aryl methyl sites for hydroxylation is 1. The lowest BCUT2D eigenvalue weighted by molar-refractivity contribution is -0.137. The van der Waals surface area contributed by atoms with Gasteiger partial charge in [-0.25, -0.2) is 9.97 Å². The second-order valence-corrected chi connectivity index (χ2v) is 6.70. The summed E-state index contributed by atoms with van der Waals surface area (Å²) >= 11 is 0. The number of carbonyl (C=O) groups excluding carboxylic acids is 1. The van der Waals surface area contributed by atoms with Crippen LogP contribution in [0.25, 0.3) is 33.5 Å². The molecule has 4 aromatic rings. The third kappa shape index (κ3) is 3.04. The van der Waals surface area contributed by atoms with Crippen molar-refractivity contribution in [2.45, 2.75) is 13.1 Å². The zero-order chi connectivity index (χ0) is 20.9. The molecule has 0 spiro atoms. The number of halogens is 3. The molecule has 9 heteroatoms. The van der Waals surface area contributed by atoms with E-state index in [1.807, 2.05) is 0 Å². The van der Waals surface area contributed by atoms with Gasteiger partial charge in [0, 0.05) is 24.2 Å². The van der Waals surface area contributed by atoms with Crippen LogP contribution in [-0.2, 0) is 13.2 Å². The van der Waals surface area contributed by atoms with Crippen molar-refractivity contribution in [2.75, 3.05) is 0 Å². The van der Waals surface area contributed by atoms with Gasteiger partial charge in [-0.15, -0.1) is 0 Å². The lowest BCUT2D eigenvalue weighted by Gasteiger charge is -2.12. The largest absolute Gasteiger partial charge is 0.416 e. The fourth-order valence-electron chi connectivity index (χ4n) is 3.50. The number of nitrogens with two attached hydrogens (primary N) is 1. The zero-order valence-electron chi connectivity index (χ0n) is 15.5. The minimum atomic E-state index is -4.50. The van der Waals surface area contributed by atoms with E-state index >= 15 is 0 Å². The lowest BCUT2D eigenvalue weighted by Crippen LogP contribution is -2.17. The maximum absolute atomic E-state index is 13.2. The maximum atomic E-state index is 13.2. The van der Waals surface area contributed by atoms with Gasteiger partial charge >= 0.3 is 6.18 Å². The van der Waals surface area contributed by atoms with Crippen LogP contribution in [-0.4, -0.2) is 25.4 Å². The van der Waals surface area contributed by atoms with E-state index in [1.54, 1.807) is 36.9 Å². The molecule has 0 saturated heterocycles. The lowest BCUT2D eigenvalue weighted by atomic mass is 9.97. The number of amides is 1. The van der Waals surface area contributed by atoms with Gasteiger partial charge in [-0.05, 0) is 42.3 Å². The molecule has 29 heavy (non-hydrogen) atoms. The van der Waals surface area contributed by atoms with Crippen LogP contribution in [0.4, 0.5) is 13.2 Å². The molecule has 1 amide bonds. The topological polar surface area (TPSA) is 89.6 Å². The highest BCUT2D eigenvalue weighted by Gasteiger charge is 2.32. The molecule has 3 aromatic heterocycles. The van der Waals surface area contributed by atoms with E-state index in [-0.39, 0.29) is 11.3 Å². The molecule has 6 nitrogen and oxygen atoms in total. The molecule has 0 bridgehead atoms. The molecule has 0 atom stereocenters. The monoisotopic (exact) mass is 399 g/mol. The van der Waals surface area contributed by atoms with Crippen LogP contribution in [0, 0.1) is 6.92 Å². The Balaban J connectivity index is 2.01. The van der Waals surface area contributed by atoms with Crippen molar-refractivity contribution in [2.24, 2.45) is 12.8 Å². The molecule has 0 aliphatic rings. The van der Waals surface area contributed by atoms with E-state index in [0.717, 1.165) is 17.5 Å². The first-order valence-corrected chi connectivity index (χ1v) is 8.64. The van der Waals surface area contributed by atoms with Gasteiger partial charge in [0.2, 0.25) is 0 Å². The number of aromatic amines is 1. The van der Waals surface area contributed by atoms with Crippen molar-refractivity contribution in [1.29, 1.82) is 0 Å². The zero-order valence-corrected chi connectivity index (χ0v) is 15.5. The van der Waals surface area contributed by atoms with Crippen molar-refractivity contribution in [1.82, 2.24) is 19.5 Å². The summed E-state index contributed by atoms with van der Waals surface area (Å²) in [6.45, 7) is 1.68. The van der Waals surface area contributed by atoms with Gasteiger partial charge in [-0.3, -0.25) is 4.79 Å². The minimum absolute atomic E-state index is 0.102. The molecule has 0 aliphatic heterocycles. The number of nitrogens with one attached hydrogen (secondary N) is 1. The first-order chi connectivity index (χ1) is 13.7. The van der Waals surface area contributed by atoms with Crippen LogP contribution >= 0.6 is 0 Å². The predicted octanol–water partition coefficient (Wildman–Crippen LogP) is 4.06. The first kappa shape index (κ1) is 18.7. The van der Waals surface area contributed by atoms with Gasteiger partial charge in [0.15, 0.2) is 0 Å². The molecule has 0 radical (unpaired) electrons. The normalized spacial score (nSPS) is 11.9. The summed E-state index contributed by atoms with van der Waals surface area (Å²) in [4.78, 5) is 23.6. The molecule has 3 N–H and O–H groups in total. The summed E-state index contributed by atoms with van der Waals surface area (Å²) < 4.78 is 41.3. The number of hydrogen-bond donors (Lipinski definition) is 2. The number of hydrogen-bond acceptors (Lipinski definition) is 3. The van der Waals surface area contributed by atoms with Crippen LogP contribution in [0.1, 0.15) is 21.6 Å². The third-order valence-corrected chi connectivity index (χ3v) is 4.92. The quantitative estimate of drug-likeness (QED) is 0.545. The highest BCUT2D eigenvalue weighted by atomic mass is 19.4. The summed E-state index contributed by atoms with van der Waals surface area (Å²) in [5.41, 5.74) is 7.77. The van der Waals surface area contributed by atoms with E-state index in [4.69, 9.17) is 5.73 Å². The summed E-state index contributed by atoms with van der Waals surface area (Å²) in [6.07, 6.45) is -1.42. The van der Waals surface area contributed by atoms with Crippen molar-refractivity contribution in [3.63, 3.8) is 0 Å². The molecule has 148 valence electrons. The van der Waals surface area contributed by atoms with Gasteiger partial charge in [-0.1, -0.05) is 6.07 Å². The Hall–Kier alpha value is -3.62. The highest BCUT2D eigenvalue weighted by molar-refractivity contribution is 6.02. The van der Waals surface area contributed by atoms with Crippen LogP contribution in [0.3, 0.4) is 0 Å². The van der Waals surface area contributed by atoms with E-state index in [9.17, 15) is 18.0 Å². The molecule has 4 rings (SSSR count). The SMILES string of the molecule is Cc1ccc(C(F)(F)F)cc1-c1cc(-c2ncnc3[nH]ccc23)n(C)c1C(N)=O. The van der Waals surface area contributed by atoms with Crippen molar-refractivity contribution in [3.8, 4) is 22.5 Å². The Bertz CT molecular complexity index is 1250. The summed E-state index contributed by atoms with van der Waals surface area (Å²) in [5.74, 6) is -0.745. The number of rotatable bonds is 3. The molecule has 1 aromatic carbocycles. The molecule has 0 unspecified atom stereocenters. The fourth-order valence-corrected chi connectivity index (χ4v) is 3.50. The smallest absolute Gasteiger partial charge is 0.364 e. The third-order valence-electron chi connectivity index (χ3n) is 4.92. The minimum Gasteiger partial charge on any atom is -0.364 e. The van der Waals surface area contributed by atoms with E-state index < -0.39 is 17.6 Å². The van der Waals surface area contributed by atoms with Gasteiger partial charge < -0.3 is 15.3 Å². The number of aromatic nitrogens is 4. The number of fused-ring (bicyclic) bond motifs is 1. The standard InChI is InChI=1S/C20H16F3N5O/c1-10-3-4-11(20(21,22)23)7-13(10)14-8-15(28(2)17(14)18(24)29)16-12-5-6-25-19(12)27-9-26-16/h3-9H,1-2H3,(H2,24,29)(H,25,26,27). The predicted molar refractivity (Wildman–Crippen MR) is 102 cm³/mol. The summed E-state index contributed by atoms with van der Waals surface area (Å²) in [5, 5.41) is 0.719. The van der Waals surface area contributed by atoms with Crippen LogP contribution in [0.15, 0.2) is 42.9 Å². The summed E-state index contributed by atoms with van der Waals surface area (Å²) in [7, 11) is 1.63. The number of carbonyl (C=O) groups is 1. The summed E-state index contributed by atoms with van der Waals surface area (Å²) in [6, 6.07) is 6.85. The van der Waals surface area contributed by atoms with E-state index in [2.05, 4.69) is 15.0 Å². The second kappa shape index (κ2) is 6.47. The van der Waals surface area contributed by atoms with Crippen LogP contribution in [0.2, 0.25) is 0 Å². The number of benzene rings is 1. The highest BCUT2D eigenvalue weighted by Crippen LogP contribution is 2.38. The second-order valence-electron chi connectivity index (χ2n) is 6.70. The van der Waals surface area contributed by atoms with Gasteiger partial charge in [-0.2, -0.15) is 13.2 Å². The number of H-pyrrole nitrogens is 1. The number of alkyl halides is 3. The van der Waals surface area contributed by atoms with Crippen molar-refractivity contribution < 1.29 is 18.0 Å². The van der Waals surface area contributed by atoms with Gasteiger partial charge in [0.05, 0.1) is 17.0 Å². The Morgan fingerprint density at radius 1 is 1.14 bits per heavy atom. The number of primary amides is 1. The molecular formula is C20H16F3N5O. The molecule has 0 fully saturated rings. The molecular weight excluding hydrogens is 383 g/mol. The van der Waals surface area contributed by atoms with Crippen molar-refractivity contribution >= 4 is 16.9 Å². The Morgan fingerprint density at radius 3 is 2.59 bits per heavy atom. The first-order valence-electron chi connectivity index (χ1n) is 8.64. The van der Waals surface area contributed by atoms with Gasteiger partial charge in [0.1, 0.15) is 17.7 Å². The van der Waals surface area contributed by atoms with Crippen molar-refractivity contribution in [3.05, 3.63) is 59.7 Å². The molecule has 3 heterocycles. The van der Waals surface area contributed by atoms with Crippen LogP contribution < -0.4 is 5.73 Å². The Labute approximate surface area is 163 Å². The average Bonchev–Trinajstić information content (AvgIpc) is 3.25. The van der Waals surface area contributed by atoms with Gasteiger partial charge in [0.25, 0.3) is 5.91 Å². The molecule has 0 aliphatic carbocycles. The van der Waals surface area contributed by atoms with E-state index in [1.165, 1.54) is 12.4 Å². The Morgan fingerprint density at radius 2 is 1.90 bits per heavy atom. The maximum Gasteiger partial charge on any atom is 0.416 e. The van der Waals surface area contributed by atoms with E-state index in [0.29, 0.717) is 28.2 Å². The average molecular weight is 399 g/mol. The van der Waals surface area contributed by atoms with Crippen LogP contribution in [0.5, 0.6) is 0 Å².